The van der Waals surface area contributed by atoms with Crippen LogP contribution in [0.5, 0.6) is 0 Å². The molecule has 1 aliphatic heterocycles. The third-order valence-corrected chi connectivity index (χ3v) is 2.23. The van der Waals surface area contributed by atoms with Crippen LogP contribution < -0.4 is 11.1 Å². The van der Waals surface area contributed by atoms with Crippen molar-refractivity contribution in [3.8, 4) is 0 Å². The number of hydrogen-bond donors (Lipinski definition) is 2. The van der Waals surface area contributed by atoms with Crippen molar-refractivity contribution < 1.29 is 4.79 Å². The number of hydrazone groups is 1. The van der Waals surface area contributed by atoms with Gasteiger partial charge in [-0.15, -0.1) is 10.6 Å². The third kappa shape index (κ3) is 2.39. The SMILES string of the molecule is CC(=O)CSC1=NNNN1C. The van der Waals surface area contributed by atoms with Crippen molar-refractivity contribution in [2.75, 3.05) is 12.8 Å². The summed E-state index contributed by atoms with van der Waals surface area (Å²) in [4.78, 5) is 10.6. The molecular weight excluding hydrogens is 164 g/mol. The van der Waals surface area contributed by atoms with Gasteiger partial charge >= 0.3 is 0 Å². The fourth-order valence-electron chi connectivity index (χ4n) is 0.566. The van der Waals surface area contributed by atoms with E-state index in [-0.39, 0.29) is 5.78 Å². The highest BCUT2D eigenvalue weighted by atomic mass is 32.2. The Morgan fingerprint density at radius 3 is 3.00 bits per heavy atom. The molecule has 62 valence electrons. The van der Waals surface area contributed by atoms with E-state index in [4.69, 9.17) is 0 Å². The molecule has 0 saturated heterocycles. The number of carbonyl (C=O) groups is 1. The number of carbonyl (C=O) groups excluding carboxylic acids is 1. The quantitative estimate of drug-likeness (QED) is 0.593. The highest BCUT2D eigenvalue weighted by Gasteiger charge is 2.12. The molecule has 0 aromatic carbocycles. The van der Waals surface area contributed by atoms with Gasteiger partial charge in [-0.25, -0.2) is 5.53 Å². The van der Waals surface area contributed by atoms with Crippen LogP contribution in [0.4, 0.5) is 0 Å². The van der Waals surface area contributed by atoms with E-state index >= 15 is 0 Å². The molecule has 0 unspecified atom stereocenters. The molecular formula is C5H10N4OS. The molecule has 0 saturated carbocycles. The Morgan fingerprint density at radius 1 is 1.82 bits per heavy atom. The molecule has 6 heteroatoms. The van der Waals surface area contributed by atoms with E-state index in [9.17, 15) is 4.79 Å². The number of nitrogens with zero attached hydrogens (tertiary/aromatic N) is 2. The molecule has 0 bridgehead atoms. The number of ketones is 1. The minimum absolute atomic E-state index is 0.151. The fraction of sp³-hybridized carbons (Fsp3) is 0.600. The van der Waals surface area contributed by atoms with Crippen LogP contribution in [-0.4, -0.2) is 28.8 Å². The van der Waals surface area contributed by atoms with E-state index in [2.05, 4.69) is 16.2 Å². The molecule has 1 rings (SSSR count). The number of rotatable bonds is 2. The van der Waals surface area contributed by atoms with Crippen molar-refractivity contribution in [1.82, 2.24) is 16.1 Å². The molecule has 0 fully saturated rings. The van der Waals surface area contributed by atoms with Gasteiger partial charge in [0.25, 0.3) is 0 Å². The maximum absolute atomic E-state index is 10.6. The molecule has 0 aliphatic carbocycles. The molecule has 1 aliphatic rings. The number of thioether (sulfide) groups is 1. The van der Waals surface area contributed by atoms with Gasteiger partial charge in [-0.05, 0) is 6.92 Å². The van der Waals surface area contributed by atoms with Gasteiger partial charge in [0.2, 0.25) is 0 Å². The smallest absolute Gasteiger partial charge is 0.200 e. The van der Waals surface area contributed by atoms with Gasteiger partial charge < -0.3 is 0 Å². The number of hydrogen-bond acceptors (Lipinski definition) is 6. The second-order valence-electron chi connectivity index (χ2n) is 2.17. The molecule has 0 spiro atoms. The fourth-order valence-corrected chi connectivity index (χ4v) is 1.25. The Balaban J connectivity index is 2.31. The maximum atomic E-state index is 10.6. The molecule has 0 aromatic rings. The first-order valence-corrected chi connectivity index (χ1v) is 4.13. The lowest BCUT2D eigenvalue weighted by Gasteiger charge is -2.09. The van der Waals surface area contributed by atoms with Crippen LogP contribution in [0.1, 0.15) is 6.92 Å². The Hall–Kier alpha value is -0.750. The molecule has 0 radical (unpaired) electrons. The first-order chi connectivity index (χ1) is 5.20. The van der Waals surface area contributed by atoms with Gasteiger partial charge in [0.1, 0.15) is 5.78 Å². The molecule has 0 atom stereocenters. The molecule has 0 aromatic heterocycles. The summed E-state index contributed by atoms with van der Waals surface area (Å²) in [6.45, 7) is 1.56. The predicted molar refractivity (Wildman–Crippen MR) is 44.6 cm³/mol. The highest BCUT2D eigenvalue weighted by molar-refractivity contribution is 8.14. The minimum Gasteiger partial charge on any atom is -0.299 e. The Kier molecular flexibility index (Phi) is 2.72. The van der Waals surface area contributed by atoms with Gasteiger partial charge in [0.15, 0.2) is 5.17 Å². The van der Waals surface area contributed by atoms with Crippen LogP contribution in [0, 0.1) is 0 Å². The van der Waals surface area contributed by atoms with Crippen LogP contribution in [-0.2, 0) is 4.79 Å². The van der Waals surface area contributed by atoms with Crippen LogP contribution >= 0.6 is 11.8 Å². The number of nitrogens with one attached hydrogen (secondary N) is 2. The van der Waals surface area contributed by atoms with Gasteiger partial charge in [-0.2, -0.15) is 0 Å². The van der Waals surface area contributed by atoms with Crippen molar-refractivity contribution >= 4 is 22.7 Å². The zero-order chi connectivity index (χ0) is 8.27. The van der Waals surface area contributed by atoms with E-state index in [1.807, 2.05) is 7.05 Å². The largest absolute Gasteiger partial charge is 0.299 e. The van der Waals surface area contributed by atoms with E-state index < -0.39 is 0 Å². The zero-order valence-electron chi connectivity index (χ0n) is 6.42. The van der Waals surface area contributed by atoms with E-state index in [0.717, 1.165) is 5.17 Å². The molecule has 2 N–H and O–H groups in total. The highest BCUT2D eigenvalue weighted by Crippen LogP contribution is 2.07. The number of hydrazine groups is 2. The summed E-state index contributed by atoms with van der Waals surface area (Å²) in [5, 5.41) is 6.37. The molecule has 11 heavy (non-hydrogen) atoms. The van der Waals surface area contributed by atoms with Crippen LogP contribution in [0.15, 0.2) is 5.10 Å². The first-order valence-electron chi connectivity index (χ1n) is 3.14. The standard InChI is InChI=1S/C5H10N4OS/c1-4(10)3-11-5-6-7-8-9(5)2/h7-8H,3H2,1-2H3. The lowest BCUT2D eigenvalue weighted by atomic mass is 10.5. The van der Waals surface area contributed by atoms with Crippen molar-refractivity contribution in [3.63, 3.8) is 0 Å². The van der Waals surface area contributed by atoms with Crippen molar-refractivity contribution in [2.24, 2.45) is 5.10 Å². The summed E-state index contributed by atoms with van der Waals surface area (Å²) in [5.74, 6) is 0.616. The monoisotopic (exact) mass is 174 g/mol. The van der Waals surface area contributed by atoms with Gasteiger partial charge in [0.05, 0.1) is 5.75 Å². The van der Waals surface area contributed by atoms with E-state index in [1.54, 1.807) is 11.9 Å². The normalized spacial score (nSPS) is 16.2. The molecule has 0 amide bonds. The van der Waals surface area contributed by atoms with Gasteiger partial charge in [0, 0.05) is 7.05 Å². The lowest BCUT2D eigenvalue weighted by Crippen LogP contribution is -2.36. The van der Waals surface area contributed by atoms with Crippen molar-refractivity contribution in [3.05, 3.63) is 0 Å². The maximum Gasteiger partial charge on any atom is 0.200 e. The second kappa shape index (κ2) is 3.59. The van der Waals surface area contributed by atoms with Gasteiger partial charge in [-0.1, -0.05) is 11.8 Å². The van der Waals surface area contributed by atoms with E-state index in [0.29, 0.717) is 5.75 Å². The predicted octanol–water partition coefficient (Wildman–Crippen LogP) is -0.466. The van der Waals surface area contributed by atoms with Gasteiger partial charge in [-0.3, -0.25) is 9.80 Å². The minimum atomic E-state index is 0.151. The topological polar surface area (TPSA) is 56.7 Å². The van der Waals surface area contributed by atoms with Crippen molar-refractivity contribution in [2.45, 2.75) is 6.92 Å². The summed E-state index contributed by atoms with van der Waals surface area (Å²) in [5.41, 5.74) is 5.32. The van der Waals surface area contributed by atoms with Crippen LogP contribution in [0.25, 0.3) is 0 Å². The average Bonchev–Trinajstić information content (AvgIpc) is 2.31. The summed E-state index contributed by atoms with van der Waals surface area (Å²) in [6.07, 6.45) is 0. The Bertz CT molecular complexity index is 193. The van der Waals surface area contributed by atoms with Crippen LogP contribution in [0.3, 0.4) is 0 Å². The summed E-state index contributed by atoms with van der Waals surface area (Å²) in [7, 11) is 1.83. The summed E-state index contributed by atoms with van der Waals surface area (Å²) >= 11 is 1.40. The third-order valence-electron chi connectivity index (χ3n) is 1.06. The summed E-state index contributed by atoms with van der Waals surface area (Å²) < 4.78 is 0. The zero-order valence-corrected chi connectivity index (χ0v) is 7.23. The summed E-state index contributed by atoms with van der Waals surface area (Å²) in [6, 6.07) is 0. The number of Topliss-reactive ketones (excluding diaryl/α,β-unsaturated/α-hetero) is 1. The average molecular weight is 174 g/mol. The van der Waals surface area contributed by atoms with Crippen molar-refractivity contribution in [1.29, 1.82) is 0 Å². The Morgan fingerprint density at radius 2 is 2.55 bits per heavy atom. The molecule has 5 nitrogen and oxygen atoms in total. The van der Waals surface area contributed by atoms with E-state index in [1.165, 1.54) is 11.8 Å². The molecule has 1 heterocycles. The Labute approximate surface area is 69.1 Å². The van der Waals surface area contributed by atoms with Crippen LogP contribution in [0.2, 0.25) is 0 Å². The lowest BCUT2D eigenvalue weighted by molar-refractivity contribution is -0.114. The number of amidine groups is 1. The first kappa shape index (κ1) is 8.35. The second-order valence-corrected chi connectivity index (χ2v) is 3.11.